The van der Waals surface area contributed by atoms with Crippen LogP contribution in [0.2, 0.25) is 0 Å². The summed E-state index contributed by atoms with van der Waals surface area (Å²) in [6.07, 6.45) is 3.94. The van der Waals surface area contributed by atoms with Crippen molar-refractivity contribution in [1.82, 2.24) is 4.98 Å². The summed E-state index contributed by atoms with van der Waals surface area (Å²) in [5.41, 5.74) is 2.64. The van der Waals surface area contributed by atoms with Crippen molar-refractivity contribution in [2.24, 2.45) is 0 Å². The number of nitrogens with one attached hydrogen (secondary N) is 1. The fourth-order valence-electron chi connectivity index (χ4n) is 2.60. The molecule has 0 spiro atoms. The molecule has 0 bridgehead atoms. The molecule has 3 nitrogen and oxygen atoms in total. The van der Waals surface area contributed by atoms with Gasteiger partial charge in [-0.25, -0.2) is 4.98 Å². The fourth-order valence-corrected chi connectivity index (χ4v) is 2.84. The standard InChI is InChI=1S/C15H15BrN2O/c1-19-14-4-2-3-11-12(14)6-7-13(11)18-15-8-5-10(16)9-17-15/h2-5,8-9,13H,6-7H2,1H3,(H,17,18). The Hall–Kier alpha value is -1.55. The Morgan fingerprint density at radius 3 is 2.95 bits per heavy atom. The summed E-state index contributed by atoms with van der Waals surface area (Å²) in [5.74, 6) is 1.90. The molecule has 4 heteroatoms. The molecule has 2 aromatic rings. The van der Waals surface area contributed by atoms with Crippen LogP contribution < -0.4 is 10.1 Å². The van der Waals surface area contributed by atoms with Crippen LogP contribution in [0.4, 0.5) is 5.82 Å². The summed E-state index contributed by atoms with van der Waals surface area (Å²) in [7, 11) is 1.73. The first-order chi connectivity index (χ1) is 9.28. The lowest BCUT2D eigenvalue weighted by atomic mass is 10.1. The summed E-state index contributed by atoms with van der Waals surface area (Å²) in [4.78, 5) is 4.37. The zero-order valence-electron chi connectivity index (χ0n) is 10.7. The predicted octanol–water partition coefficient (Wildman–Crippen LogP) is 3.95. The van der Waals surface area contributed by atoms with Crippen LogP contribution in [-0.4, -0.2) is 12.1 Å². The van der Waals surface area contributed by atoms with Crippen LogP contribution in [0.25, 0.3) is 0 Å². The molecule has 1 aliphatic carbocycles. The fraction of sp³-hybridized carbons (Fsp3) is 0.267. The second-order valence-corrected chi connectivity index (χ2v) is 5.54. The maximum Gasteiger partial charge on any atom is 0.126 e. The highest BCUT2D eigenvalue weighted by atomic mass is 79.9. The van der Waals surface area contributed by atoms with E-state index in [-0.39, 0.29) is 0 Å². The topological polar surface area (TPSA) is 34.1 Å². The molecule has 0 amide bonds. The molecule has 0 fully saturated rings. The molecule has 19 heavy (non-hydrogen) atoms. The van der Waals surface area contributed by atoms with E-state index < -0.39 is 0 Å². The Bertz CT molecular complexity index is 583. The molecular formula is C15H15BrN2O. The van der Waals surface area contributed by atoms with Gasteiger partial charge in [0.25, 0.3) is 0 Å². The van der Waals surface area contributed by atoms with Gasteiger partial charge >= 0.3 is 0 Å². The van der Waals surface area contributed by atoms with Gasteiger partial charge in [0.15, 0.2) is 0 Å². The number of rotatable bonds is 3. The summed E-state index contributed by atoms with van der Waals surface area (Å²) >= 11 is 3.40. The van der Waals surface area contributed by atoms with Crippen LogP contribution in [0.15, 0.2) is 41.0 Å². The molecule has 1 heterocycles. The maximum atomic E-state index is 5.42. The number of fused-ring (bicyclic) bond motifs is 1. The van der Waals surface area contributed by atoms with Crippen molar-refractivity contribution in [3.8, 4) is 5.75 Å². The Morgan fingerprint density at radius 2 is 2.21 bits per heavy atom. The first-order valence-electron chi connectivity index (χ1n) is 6.32. The Kier molecular flexibility index (Phi) is 3.42. The molecule has 1 aromatic heterocycles. The lowest BCUT2D eigenvalue weighted by molar-refractivity contribution is 0.410. The van der Waals surface area contributed by atoms with Gasteiger partial charge in [-0.05, 0) is 58.1 Å². The molecule has 0 aliphatic heterocycles. The van der Waals surface area contributed by atoms with Gasteiger partial charge in [-0.15, -0.1) is 0 Å². The van der Waals surface area contributed by atoms with Gasteiger partial charge in [-0.2, -0.15) is 0 Å². The van der Waals surface area contributed by atoms with E-state index in [1.165, 1.54) is 11.1 Å². The molecule has 1 aromatic carbocycles. The number of hydrogen-bond acceptors (Lipinski definition) is 3. The summed E-state index contributed by atoms with van der Waals surface area (Å²) in [6.45, 7) is 0. The van der Waals surface area contributed by atoms with Crippen LogP contribution in [0, 0.1) is 0 Å². The second-order valence-electron chi connectivity index (χ2n) is 4.63. The first-order valence-corrected chi connectivity index (χ1v) is 7.11. The molecule has 3 rings (SSSR count). The monoisotopic (exact) mass is 318 g/mol. The van der Waals surface area contributed by atoms with Crippen molar-refractivity contribution in [3.63, 3.8) is 0 Å². The number of halogens is 1. The minimum absolute atomic E-state index is 0.318. The lowest BCUT2D eigenvalue weighted by Gasteiger charge is -2.15. The highest BCUT2D eigenvalue weighted by molar-refractivity contribution is 9.10. The van der Waals surface area contributed by atoms with E-state index in [2.05, 4.69) is 32.3 Å². The van der Waals surface area contributed by atoms with Crippen molar-refractivity contribution in [2.75, 3.05) is 12.4 Å². The van der Waals surface area contributed by atoms with Crippen molar-refractivity contribution in [3.05, 3.63) is 52.1 Å². The number of ether oxygens (including phenoxy) is 1. The van der Waals surface area contributed by atoms with E-state index in [1.54, 1.807) is 7.11 Å². The van der Waals surface area contributed by atoms with Gasteiger partial charge in [-0.1, -0.05) is 12.1 Å². The molecular weight excluding hydrogens is 304 g/mol. The second kappa shape index (κ2) is 5.21. The predicted molar refractivity (Wildman–Crippen MR) is 79.6 cm³/mol. The molecule has 1 N–H and O–H groups in total. The van der Waals surface area contributed by atoms with Crippen LogP contribution in [0.1, 0.15) is 23.6 Å². The number of anilines is 1. The van der Waals surface area contributed by atoms with Crippen LogP contribution >= 0.6 is 15.9 Å². The largest absolute Gasteiger partial charge is 0.496 e. The van der Waals surface area contributed by atoms with E-state index in [0.717, 1.165) is 28.9 Å². The Morgan fingerprint density at radius 1 is 1.32 bits per heavy atom. The van der Waals surface area contributed by atoms with E-state index in [1.807, 2.05) is 30.5 Å². The van der Waals surface area contributed by atoms with Crippen molar-refractivity contribution in [2.45, 2.75) is 18.9 Å². The van der Waals surface area contributed by atoms with Crippen molar-refractivity contribution in [1.29, 1.82) is 0 Å². The molecule has 1 atom stereocenters. The molecule has 1 unspecified atom stereocenters. The smallest absolute Gasteiger partial charge is 0.126 e. The third-order valence-corrected chi connectivity index (χ3v) is 3.97. The highest BCUT2D eigenvalue weighted by Crippen LogP contribution is 2.38. The van der Waals surface area contributed by atoms with Crippen LogP contribution in [-0.2, 0) is 6.42 Å². The zero-order chi connectivity index (χ0) is 13.2. The highest BCUT2D eigenvalue weighted by Gasteiger charge is 2.25. The normalized spacial score (nSPS) is 17.1. The van der Waals surface area contributed by atoms with Gasteiger partial charge in [0, 0.05) is 10.7 Å². The number of nitrogens with zero attached hydrogens (tertiary/aromatic N) is 1. The molecule has 1 aliphatic rings. The van der Waals surface area contributed by atoms with Crippen molar-refractivity contribution >= 4 is 21.7 Å². The third-order valence-electron chi connectivity index (χ3n) is 3.50. The maximum absolute atomic E-state index is 5.42. The van der Waals surface area contributed by atoms with Gasteiger partial charge in [0.1, 0.15) is 11.6 Å². The molecule has 0 saturated carbocycles. The number of pyridine rings is 1. The minimum Gasteiger partial charge on any atom is -0.496 e. The van der Waals surface area contributed by atoms with Crippen molar-refractivity contribution < 1.29 is 4.74 Å². The number of hydrogen-bond donors (Lipinski definition) is 1. The van der Waals surface area contributed by atoms with Gasteiger partial charge in [0.2, 0.25) is 0 Å². The molecule has 98 valence electrons. The zero-order valence-corrected chi connectivity index (χ0v) is 12.3. The SMILES string of the molecule is COc1cccc2c1CCC2Nc1ccc(Br)cn1. The first kappa shape index (κ1) is 12.5. The molecule has 0 radical (unpaired) electrons. The van der Waals surface area contributed by atoms with Crippen LogP contribution in [0.3, 0.4) is 0 Å². The molecule has 0 saturated heterocycles. The average molecular weight is 319 g/mol. The van der Waals surface area contributed by atoms with Gasteiger partial charge in [0.05, 0.1) is 13.2 Å². The third kappa shape index (κ3) is 2.45. The van der Waals surface area contributed by atoms with Gasteiger partial charge < -0.3 is 10.1 Å². The van der Waals surface area contributed by atoms with E-state index in [0.29, 0.717) is 6.04 Å². The van der Waals surface area contributed by atoms with E-state index >= 15 is 0 Å². The summed E-state index contributed by atoms with van der Waals surface area (Å²) in [5, 5.41) is 3.49. The lowest BCUT2D eigenvalue weighted by Crippen LogP contribution is -2.08. The minimum atomic E-state index is 0.318. The number of aromatic nitrogens is 1. The Labute approximate surface area is 121 Å². The summed E-state index contributed by atoms with van der Waals surface area (Å²) in [6, 6.07) is 10.5. The summed E-state index contributed by atoms with van der Waals surface area (Å²) < 4.78 is 6.41. The van der Waals surface area contributed by atoms with Crippen LogP contribution in [0.5, 0.6) is 5.75 Å². The Balaban J connectivity index is 1.84. The van der Waals surface area contributed by atoms with E-state index in [9.17, 15) is 0 Å². The van der Waals surface area contributed by atoms with Gasteiger partial charge in [-0.3, -0.25) is 0 Å². The average Bonchev–Trinajstić information content (AvgIpc) is 2.84. The number of benzene rings is 1. The van der Waals surface area contributed by atoms with E-state index in [4.69, 9.17) is 4.74 Å². The number of methoxy groups -OCH3 is 1. The quantitative estimate of drug-likeness (QED) is 0.930.